The van der Waals surface area contributed by atoms with Crippen molar-refractivity contribution in [2.75, 3.05) is 6.26 Å². The van der Waals surface area contributed by atoms with Crippen molar-refractivity contribution in [1.29, 1.82) is 0 Å². The Hall–Kier alpha value is 0.830. The molecular formula is C5H11BrS. The fourth-order valence-corrected chi connectivity index (χ4v) is 1.21. The van der Waals surface area contributed by atoms with Gasteiger partial charge >= 0.3 is 0 Å². The third-order valence-electron chi connectivity index (χ3n) is 1.02. The zero-order valence-electron chi connectivity index (χ0n) is 4.94. The smallest absolute Gasteiger partial charge is 0.0233 e. The van der Waals surface area contributed by atoms with E-state index in [9.17, 15) is 0 Å². The standard InChI is InChI=1S/C5H11BrS/c1-4(6)5(2)7-3/h4-5H,1-3H3. The Bertz CT molecular complexity index is 45.3. The van der Waals surface area contributed by atoms with E-state index in [2.05, 4.69) is 36.0 Å². The van der Waals surface area contributed by atoms with Gasteiger partial charge in [-0.1, -0.05) is 29.8 Å². The van der Waals surface area contributed by atoms with Crippen LogP contribution < -0.4 is 0 Å². The van der Waals surface area contributed by atoms with Gasteiger partial charge in [-0.25, -0.2) is 0 Å². The van der Waals surface area contributed by atoms with Gasteiger partial charge in [0.1, 0.15) is 0 Å². The van der Waals surface area contributed by atoms with Crippen LogP contribution in [0.5, 0.6) is 0 Å². The van der Waals surface area contributed by atoms with Gasteiger partial charge < -0.3 is 0 Å². The Balaban J connectivity index is 3.14. The Morgan fingerprint density at radius 2 is 1.86 bits per heavy atom. The van der Waals surface area contributed by atoms with E-state index in [-0.39, 0.29) is 0 Å². The third-order valence-corrected chi connectivity index (χ3v) is 3.31. The predicted molar refractivity (Wildman–Crippen MR) is 41.4 cm³/mol. The number of hydrogen-bond acceptors (Lipinski definition) is 1. The van der Waals surface area contributed by atoms with Gasteiger partial charge in [-0.05, 0) is 6.26 Å². The first-order valence-electron chi connectivity index (χ1n) is 2.35. The first-order chi connectivity index (χ1) is 3.18. The molecule has 0 aromatic heterocycles. The molecule has 0 saturated carbocycles. The van der Waals surface area contributed by atoms with E-state index in [1.54, 1.807) is 0 Å². The maximum Gasteiger partial charge on any atom is 0.0233 e. The molecule has 44 valence electrons. The molecule has 0 aliphatic carbocycles. The van der Waals surface area contributed by atoms with Crippen molar-refractivity contribution in [3.63, 3.8) is 0 Å². The molecule has 0 bridgehead atoms. The van der Waals surface area contributed by atoms with Gasteiger partial charge in [0.15, 0.2) is 0 Å². The lowest BCUT2D eigenvalue weighted by Gasteiger charge is -2.08. The van der Waals surface area contributed by atoms with Crippen LogP contribution in [-0.2, 0) is 0 Å². The summed E-state index contributed by atoms with van der Waals surface area (Å²) in [6.07, 6.45) is 2.13. The summed E-state index contributed by atoms with van der Waals surface area (Å²) < 4.78 is 0. The highest BCUT2D eigenvalue weighted by Crippen LogP contribution is 2.15. The molecule has 0 aromatic rings. The Morgan fingerprint density at radius 3 is 1.86 bits per heavy atom. The summed E-state index contributed by atoms with van der Waals surface area (Å²) in [6, 6.07) is 0. The van der Waals surface area contributed by atoms with Gasteiger partial charge in [0.25, 0.3) is 0 Å². The second-order valence-electron chi connectivity index (χ2n) is 1.62. The van der Waals surface area contributed by atoms with Crippen LogP contribution in [0.2, 0.25) is 0 Å². The minimum Gasteiger partial charge on any atom is -0.161 e. The van der Waals surface area contributed by atoms with Crippen LogP contribution in [0.4, 0.5) is 0 Å². The van der Waals surface area contributed by atoms with Crippen LogP contribution in [-0.4, -0.2) is 16.3 Å². The minimum atomic E-state index is 0.641. The van der Waals surface area contributed by atoms with E-state index in [4.69, 9.17) is 0 Å². The molecular weight excluding hydrogens is 172 g/mol. The molecule has 0 aliphatic heterocycles. The van der Waals surface area contributed by atoms with E-state index in [1.165, 1.54) is 0 Å². The van der Waals surface area contributed by atoms with Gasteiger partial charge in [0.2, 0.25) is 0 Å². The molecule has 0 spiro atoms. The topological polar surface area (TPSA) is 0 Å². The number of halogens is 1. The summed E-state index contributed by atoms with van der Waals surface area (Å²) in [4.78, 5) is 0.641. The molecule has 0 amide bonds. The van der Waals surface area contributed by atoms with Crippen LogP contribution in [0.15, 0.2) is 0 Å². The molecule has 2 atom stereocenters. The van der Waals surface area contributed by atoms with Crippen molar-refractivity contribution in [3.05, 3.63) is 0 Å². The fraction of sp³-hybridized carbons (Fsp3) is 1.00. The van der Waals surface area contributed by atoms with Crippen molar-refractivity contribution in [1.82, 2.24) is 0 Å². The lowest BCUT2D eigenvalue weighted by molar-refractivity contribution is 0.945. The van der Waals surface area contributed by atoms with Gasteiger partial charge in [-0.3, -0.25) is 0 Å². The molecule has 0 N–H and O–H groups in total. The predicted octanol–water partition coefficient (Wildman–Crippen LogP) is 2.52. The van der Waals surface area contributed by atoms with E-state index in [0.29, 0.717) is 4.83 Å². The van der Waals surface area contributed by atoms with Gasteiger partial charge in [-0.15, -0.1) is 0 Å². The van der Waals surface area contributed by atoms with Crippen LogP contribution in [0, 0.1) is 0 Å². The Kier molecular flexibility index (Phi) is 4.24. The molecule has 2 unspecified atom stereocenters. The maximum atomic E-state index is 3.48. The average molecular weight is 183 g/mol. The van der Waals surface area contributed by atoms with Crippen molar-refractivity contribution in [2.24, 2.45) is 0 Å². The fourth-order valence-electron chi connectivity index (χ4n) is 0.188. The van der Waals surface area contributed by atoms with Crippen LogP contribution >= 0.6 is 27.7 Å². The van der Waals surface area contributed by atoms with Gasteiger partial charge in [0, 0.05) is 10.1 Å². The lowest BCUT2D eigenvalue weighted by Crippen LogP contribution is -2.06. The molecule has 0 aliphatic rings. The first-order valence-corrected chi connectivity index (χ1v) is 4.55. The van der Waals surface area contributed by atoms with Gasteiger partial charge in [-0.2, -0.15) is 11.8 Å². The van der Waals surface area contributed by atoms with Crippen molar-refractivity contribution < 1.29 is 0 Å². The van der Waals surface area contributed by atoms with Crippen molar-refractivity contribution in [3.8, 4) is 0 Å². The van der Waals surface area contributed by atoms with Gasteiger partial charge in [0.05, 0.1) is 0 Å². The number of rotatable bonds is 2. The molecule has 0 nitrogen and oxygen atoms in total. The molecule has 7 heavy (non-hydrogen) atoms. The summed E-state index contributed by atoms with van der Waals surface area (Å²) in [5.74, 6) is 0. The molecule has 2 heteroatoms. The highest BCUT2D eigenvalue weighted by molar-refractivity contribution is 9.09. The number of alkyl halides is 1. The second kappa shape index (κ2) is 3.79. The zero-order valence-corrected chi connectivity index (χ0v) is 7.34. The molecule has 0 rings (SSSR count). The maximum absolute atomic E-state index is 3.48. The monoisotopic (exact) mass is 182 g/mol. The van der Waals surface area contributed by atoms with E-state index >= 15 is 0 Å². The van der Waals surface area contributed by atoms with E-state index in [1.807, 2.05) is 11.8 Å². The third kappa shape index (κ3) is 3.42. The highest BCUT2D eigenvalue weighted by atomic mass is 79.9. The molecule has 0 saturated heterocycles. The van der Waals surface area contributed by atoms with E-state index in [0.717, 1.165) is 5.25 Å². The Morgan fingerprint density at radius 1 is 1.43 bits per heavy atom. The quantitative estimate of drug-likeness (QED) is 0.592. The van der Waals surface area contributed by atoms with E-state index < -0.39 is 0 Å². The minimum absolute atomic E-state index is 0.641. The summed E-state index contributed by atoms with van der Waals surface area (Å²) >= 11 is 5.37. The number of thioether (sulfide) groups is 1. The molecule has 0 heterocycles. The molecule has 0 radical (unpaired) electrons. The Labute approximate surface area is 58.2 Å². The van der Waals surface area contributed by atoms with Crippen LogP contribution in [0.1, 0.15) is 13.8 Å². The zero-order chi connectivity index (χ0) is 5.86. The highest BCUT2D eigenvalue weighted by Gasteiger charge is 2.03. The average Bonchev–Trinajstić information content (AvgIpc) is 1.65. The summed E-state index contributed by atoms with van der Waals surface area (Å²) in [5.41, 5.74) is 0. The SMILES string of the molecule is CSC(C)C(C)Br. The van der Waals surface area contributed by atoms with Crippen molar-refractivity contribution >= 4 is 27.7 Å². The summed E-state index contributed by atoms with van der Waals surface area (Å²) in [7, 11) is 0. The largest absolute Gasteiger partial charge is 0.161 e. The molecule has 0 aromatic carbocycles. The normalized spacial score (nSPS) is 18.9. The number of hydrogen-bond donors (Lipinski definition) is 0. The second-order valence-corrected chi connectivity index (χ2v) is 4.28. The lowest BCUT2D eigenvalue weighted by atomic mass is 10.4. The van der Waals surface area contributed by atoms with Crippen molar-refractivity contribution in [2.45, 2.75) is 23.9 Å². The van der Waals surface area contributed by atoms with Crippen LogP contribution in [0.3, 0.4) is 0 Å². The molecule has 0 fully saturated rings. The van der Waals surface area contributed by atoms with Crippen LogP contribution in [0.25, 0.3) is 0 Å². The first kappa shape index (κ1) is 7.83. The summed E-state index contributed by atoms with van der Waals surface area (Å²) in [5, 5.41) is 0.736. The summed E-state index contributed by atoms with van der Waals surface area (Å²) in [6.45, 7) is 4.38.